The normalized spacial score (nSPS) is 11.9. The second-order valence-electron chi connectivity index (χ2n) is 4.13. The summed E-state index contributed by atoms with van der Waals surface area (Å²) < 4.78 is 15.1. The van der Waals surface area contributed by atoms with Crippen LogP contribution in [0.15, 0.2) is 59.5 Å². The van der Waals surface area contributed by atoms with Crippen molar-refractivity contribution in [2.24, 2.45) is 0 Å². The smallest absolute Gasteiger partial charge is 0.150 e. The number of benzene rings is 2. The van der Waals surface area contributed by atoms with Crippen LogP contribution in [0.2, 0.25) is 0 Å². The van der Waals surface area contributed by atoms with Gasteiger partial charge in [0.1, 0.15) is 11.0 Å². The summed E-state index contributed by atoms with van der Waals surface area (Å²) in [7, 11) is 2.69. The van der Waals surface area contributed by atoms with E-state index in [1.54, 1.807) is 0 Å². The lowest BCUT2D eigenvalue weighted by Crippen LogP contribution is -2.10. The molecule has 1 unspecified atom stereocenters. The van der Waals surface area contributed by atoms with Gasteiger partial charge in [0.05, 0.1) is 4.90 Å². The first-order valence-electron chi connectivity index (χ1n) is 5.67. The van der Waals surface area contributed by atoms with Crippen molar-refractivity contribution in [2.45, 2.75) is 4.90 Å². The van der Waals surface area contributed by atoms with Crippen molar-refractivity contribution >= 4 is 22.4 Å². The summed E-state index contributed by atoms with van der Waals surface area (Å²) in [5.41, 5.74) is 1.89. The Balaban J connectivity index is 2.16. The van der Waals surface area contributed by atoms with Crippen LogP contribution in [0.5, 0.6) is 0 Å². The van der Waals surface area contributed by atoms with Crippen LogP contribution in [-0.2, 0) is 11.0 Å². The molecule has 0 aromatic heterocycles. The highest BCUT2D eigenvalue weighted by Crippen LogP contribution is 2.17. The van der Waals surface area contributed by atoms with Gasteiger partial charge in [0.25, 0.3) is 0 Å². The summed E-state index contributed by atoms with van der Waals surface area (Å²) in [6.07, 6.45) is 0. The van der Waals surface area contributed by atoms with Crippen molar-refractivity contribution in [1.82, 2.24) is 0 Å². The first-order chi connectivity index (χ1) is 8.66. The third-order valence-corrected chi connectivity index (χ3v) is 3.64. The van der Waals surface area contributed by atoms with E-state index in [9.17, 15) is 4.21 Å². The van der Waals surface area contributed by atoms with E-state index in [4.69, 9.17) is 0 Å². The summed E-state index contributed by atoms with van der Waals surface area (Å²) in [5.74, 6) is 0. The van der Waals surface area contributed by atoms with E-state index in [2.05, 4.69) is 4.72 Å². The van der Waals surface area contributed by atoms with Crippen molar-refractivity contribution in [2.75, 3.05) is 23.7 Å². The van der Waals surface area contributed by atoms with Crippen molar-refractivity contribution in [3.05, 3.63) is 54.6 Å². The predicted molar refractivity (Wildman–Crippen MR) is 77.2 cm³/mol. The van der Waals surface area contributed by atoms with Gasteiger partial charge in [-0.2, -0.15) is 0 Å². The molecule has 0 bridgehead atoms. The van der Waals surface area contributed by atoms with E-state index < -0.39 is 11.0 Å². The van der Waals surface area contributed by atoms with Crippen LogP contribution in [0.4, 0.5) is 11.4 Å². The standard InChI is InChI=1S/C14H16N2OS/c1-16(2)13-9-6-10-14(11-13)18(17)15-12-7-4-3-5-8-12/h3-11,15H,1-2H3. The summed E-state index contributed by atoms with van der Waals surface area (Å²) in [4.78, 5) is 2.76. The lowest BCUT2D eigenvalue weighted by atomic mass is 10.3. The maximum absolute atomic E-state index is 12.2. The average molecular weight is 260 g/mol. The Kier molecular flexibility index (Phi) is 3.99. The quantitative estimate of drug-likeness (QED) is 0.916. The number of hydrogen-bond donors (Lipinski definition) is 1. The minimum absolute atomic E-state index is 0.769. The zero-order valence-electron chi connectivity index (χ0n) is 10.5. The predicted octanol–water partition coefficient (Wildman–Crippen LogP) is 2.89. The molecule has 0 fully saturated rings. The van der Waals surface area contributed by atoms with Gasteiger partial charge in [-0.15, -0.1) is 0 Å². The monoisotopic (exact) mass is 260 g/mol. The maximum Gasteiger partial charge on any atom is 0.150 e. The highest BCUT2D eigenvalue weighted by atomic mass is 32.2. The Morgan fingerprint density at radius 1 is 1.00 bits per heavy atom. The van der Waals surface area contributed by atoms with Gasteiger partial charge < -0.3 is 9.62 Å². The minimum Gasteiger partial charge on any atom is -0.378 e. The molecule has 18 heavy (non-hydrogen) atoms. The van der Waals surface area contributed by atoms with Crippen molar-refractivity contribution in [3.63, 3.8) is 0 Å². The molecular formula is C14H16N2OS. The van der Waals surface area contributed by atoms with E-state index in [0.717, 1.165) is 16.3 Å². The Morgan fingerprint density at radius 3 is 2.39 bits per heavy atom. The summed E-state index contributed by atoms with van der Waals surface area (Å²) in [6.45, 7) is 0. The Morgan fingerprint density at radius 2 is 1.72 bits per heavy atom. The zero-order valence-corrected chi connectivity index (χ0v) is 11.3. The second-order valence-corrected chi connectivity index (χ2v) is 5.34. The molecule has 3 nitrogen and oxygen atoms in total. The van der Waals surface area contributed by atoms with Gasteiger partial charge in [-0.25, -0.2) is 4.21 Å². The van der Waals surface area contributed by atoms with E-state index >= 15 is 0 Å². The molecule has 1 N–H and O–H groups in total. The fraction of sp³-hybridized carbons (Fsp3) is 0.143. The minimum atomic E-state index is -1.24. The van der Waals surface area contributed by atoms with Crippen molar-refractivity contribution < 1.29 is 4.21 Å². The number of nitrogens with zero attached hydrogens (tertiary/aromatic N) is 1. The molecule has 0 radical (unpaired) electrons. The van der Waals surface area contributed by atoms with Crippen LogP contribution < -0.4 is 9.62 Å². The van der Waals surface area contributed by atoms with E-state index in [-0.39, 0.29) is 0 Å². The van der Waals surface area contributed by atoms with Gasteiger partial charge in [-0.05, 0) is 30.3 Å². The molecule has 0 heterocycles. The molecule has 0 amide bonds. The number of anilines is 2. The zero-order chi connectivity index (χ0) is 13.0. The molecule has 0 aliphatic carbocycles. The van der Waals surface area contributed by atoms with Crippen LogP contribution in [0.25, 0.3) is 0 Å². The molecule has 0 spiro atoms. The molecule has 4 heteroatoms. The number of para-hydroxylation sites is 1. The molecule has 1 atom stereocenters. The summed E-state index contributed by atoms with van der Waals surface area (Å²) in [5, 5.41) is 0. The molecule has 0 aliphatic rings. The lowest BCUT2D eigenvalue weighted by Gasteiger charge is -2.13. The summed E-state index contributed by atoms with van der Waals surface area (Å²) in [6, 6.07) is 17.2. The van der Waals surface area contributed by atoms with Crippen molar-refractivity contribution in [3.8, 4) is 0 Å². The van der Waals surface area contributed by atoms with Gasteiger partial charge >= 0.3 is 0 Å². The van der Waals surface area contributed by atoms with Crippen LogP contribution in [0, 0.1) is 0 Å². The van der Waals surface area contributed by atoms with Gasteiger partial charge in [0.2, 0.25) is 0 Å². The van der Waals surface area contributed by atoms with Crippen LogP contribution in [0.3, 0.4) is 0 Å². The number of nitrogens with one attached hydrogen (secondary N) is 1. The van der Waals surface area contributed by atoms with E-state index in [0.29, 0.717) is 0 Å². The van der Waals surface area contributed by atoms with Gasteiger partial charge in [-0.3, -0.25) is 0 Å². The highest BCUT2D eigenvalue weighted by molar-refractivity contribution is 7.86. The van der Waals surface area contributed by atoms with Gasteiger partial charge in [0.15, 0.2) is 0 Å². The SMILES string of the molecule is CN(C)c1cccc(S(=O)Nc2ccccc2)c1. The Bertz CT molecular complexity index is 541. The van der Waals surface area contributed by atoms with E-state index in [1.165, 1.54) is 0 Å². The van der Waals surface area contributed by atoms with Crippen LogP contribution in [0.1, 0.15) is 0 Å². The first kappa shape index (κ1) is 12.6. The fourth-order valence-corrected chi connectivity index (χ4v) is 2.45. The highest BCUT2D eigenvalue weighted by Gasteiger charge is 2.05. The number of rotatable bonds is 4. The first-order valence-corrected chi connectivity index (χ1v) is 6.82. The second kappa shape index (κ2) is 5.69. The maximum atomic E-state index is 12.2. The van der Waals surface area contributed by atoms with Gasteiger partial charge in [-0.1, -0.05) is 24.3 Å². The molecule has 0 aliphatic heterocycles. The summed E-state index contributed by atoms with van der Waals surface area (Å²) >= 11 is 0. The largest absolute Gasteiger partial charge is 0.378 e. The van der Waals surface area contributed by atoms with Crippen molar-refractivity contribution in [1.29, 1.82) is 0 Å². The van der Waals surface area contributed by atoms with Gasteiger partial charge in [0, 0.05) is 25.5 Å². The molecule has 2 rings (SSSR count). The molecule has 2 aromatic carbocycles. The topological polar surface area (TPSA) is 32.3 Å². The van der Waals surface area contributed by atoms with Crippen LogP contribution in [-0.4, -0.2) is 18.3 Å². The average Bonchev–Trinajstić information content (AvgIpc) is 2.40. The van der Waals surface area contributed by atoms with E-state index in [1.807, 2.05) is 73.6 Å². The van der Waals surface area contributed by atoms with Crippen LogP contribution >= 0.6 is 0 Å². The Hall–Kier alpha value is -1.81. The molecule has 0 saturated carbocycles. The molecular weight excluding hydrogens is 244 g/mol. The third kappa shape index (κ3) is 3.11. The molecule has 94 valence electrons. The number of hydrogen-bond acceptors (Lipinski definition) is 2. The fourth-order valence-electron chi connectivity index (χ4n) is 1.55. The Labute approximate surface area is 110 Å². The molecule has 0 saturated heterocycles. The lowest BCUT2D eigenvalue weighted by molar-refractivity contribution is 0.686. The molecule has 2 aromatic rings. The third-order valence-electron chi connectivity index (χ3n) is 2.53.